The molecular formula is C24H16F3N3O5. The Morgan fingerprint density at radius 2 is 1.43 bits per heavy atom. The molecule has 0 unspecified atom stereocenters. The molecule has 0 aliphatic carbocycles. The van der Waals surface area contributed by atoms with Crippen LogP contribution in [0, 0.1) is 0 Å². The molecule has 1 aliphatic heterocycles. The summed E-state index contributed by atoms with van der Waals surface area (Å²) >= 11 is 0. The Bertz CT molecular complexity index is 1340. The van der Waals surface area contributed by atoms with Gasteiger partial charge in [-0.1, -0.05) is 24.3 Å². The van der Waals surface area contributed by atoms with Crippen LogP contribution in [-0.2, 0) is 9.59 Å². The summed E-state index contributed by atoms with van der Waals surface area (Å²) < 4.78 is 43.1. The first-order chi connectivity index (χ1) is 16.7. The quantitative estimate of drug-likeness (QED) is 0.436. The number of alkyl halides is 3. The lowest BCUT2D eigenvalue weighted by Gasteiger charge is -2.11. The number of carboxylic acids is 1. The summed E-state index contributed by atoms with van der Waals surface area (Å²) in [4.78, 5) is 29.7. The topological polar surface area (TPSA) is 111 Å². The van der Waals surface area contributed by atoms with Crippen molar-refractivity contribution in [3.8, 4) is 22.6 Å². The Hall–Kier alpha value is -4.67. The Labute approximate surface area is 196 Å². The van der Waals surface area contributed by atoms with Gasteiger partial charge in [-0.3, -0.25) is 14.8 Å². The molecule has 35 heavy (non-hydrogen) atoms. The molecule has 0 bridgehead atoms. The number of amides is 1. The maximum absolute atomic E-state index is 12.6. The summed E-state index contributed by atoms with van der Waals surface area (Å²) in [6.07, 6.45) is 0.606. The lowest BCUT2D eigenvalue weighted by atomic mass is 10.1. The van der Waals surface area contributed by atoms with Gasteiger partial charge in [-0.15, -0.1) is 0 Å². The minimum absolute atomic E-state index is 0.395. The number of anilines is 1. The number of nitrogens with zero attached hydrogens (tertiary/aromatic N) is 2. The lowest BCUT2D eigenvalue weighted by molar-refractivity contribution is -0.192. The number of ether oxygens (including phenoxy) is 2. The molecule has 178 valence electrons. The van der Waals surface area contributed by atoms with E-state index in [9.17, 15) is 18.0 Å². The molecule has 0 spiro atoms. The van der Waals surface area contributed by atoms with Gasteiger partial charge in [0.05, 0.1) is 11.9 Å². The van der Waals surface area contributed by atoms with Crippen molar-refractivity contribution in [1.82, 2.24) is 9.97 Å². The van der Waals surface area contributed by atoms with E-state index in [0.29, 0.717) is 17.2 Å². The number of hydrogen-bond acceptors (Lipinski definition) is 6. The fourth-order valence-electron chi connectivity index (χ4n) is 3.16. The molecule has 0 fully saturated rings. The van der Waals surface area contributed by atoms with Crippen molar-refractivity contribution in [1.29, 1.82) is 0 Å². The van der Waals surface area contributed by atoms with Gasteiger partial charge in [0.25, 0.3) is 0 Å². The first-order valence-corrected chi connectivity index (χ1v) is 10.0. The average molecular weight is 483 g/mol. The lowest BCUT2D eigenvalue weighted by Crippen LogP contribution is -2.34. The van der Waals surface area contributed by atoms with E-state index in [2.05, 4.69) is 15.3 Å². The van der Waals surface area contributed by atoms with Crippen LogP contribution in [0.15, 0.2) is 79.4 Å². The van der Waals surface area contributed by atoms with Gasteiger partial charge in [-0.05, 0) is 46.7 Å². The summed E-state index contributed by atoms with van der Waals surface area (Å²) in [6, 6.07) is 17.3. The second kappa shape index (κ2) is 9.67. The Kier molecular flexibility index (Phi) is 6.49. The Morgan fingerprint density at radius 3 is 1.97 bits per heavy atom. The smallest absolute Gasteiger partial charge is 0.475 e. The predicted octanol–water partition coefficient (Wildman–Crippen LogP) is 4.67. The molecule has 8 nitrogen and oxygen atoms in total. The van der Waals surface area contributed by atoms with Crippen molar-refractivity contribution < 1.29 is 37.3 Å². The van der Waals surface area contributed by atoms with Crippen molar-refractivity contribution in [2.24, 2.45) is 0 Å². The monoisotopic (exact) mass is 483 g/mol. The summed E-state index contributed by atoms with van der Waals surface area (Å²) in [5, 5.41) is 12.0. The number of carbonyl (C=O) groups excluding carboxylic acids is 1. The molecule has 2 aromatic heterocycles. The molecule has 0 saturated heterocycles. The van der Waals surface area contributed by atoms with E-state index < -0.39 is 24.3 Å². The number of carbonyl (C=O) groups is 2. The number of fused-ring (bicyclic) bond motifs is 2. The van der Waals surface area contributed by atoms with Crippen LogP contribution >= 0.6 is 0 Å². The minimum atomic E-state index is -5.08. The van der Waals surface area contributed by atoms with Crippen LogP contribution in [-0.4, -0.2) is 39.4 Å². The van der Waals surface area contributed by atoms with Crippen LogP contribution in [0.2, 0.25) is 0 Å². The van der Waals surface area contributed by atoms with Crippen molar-refractivity contribution in [3.63, 3.8) is 0 Å². The highest BCUT2D eigenvalue weighted by atomic mass is 19.4. The third-order valence-corrected chi connectivity index (χ3v) is 4.76. The van der Waals surface area contributed by atoms with Crippen LogP contribution < -0.4 is 14.8 Å². The molecule has 0 saturated carbocycles. The summed E-state index contributed by atoms with van der Waals surface area (Å²) in [6.45, 7) is 0. The summed E-state index contributed by atoms with van der Waals surface area (Å²) in [7, 11) is 0. The third kappa shape index (κ3) is 5.64. The molecule has 1 amide bonds. The van der Waals surface area contributed by atoms with E-state index in [1.54, 1.807) is 24.8 Å². The molecule has 3 heterocycles. The van der Waals surface area contributed by atoms with Crippen LogP contribution in [0.25, 0.3) is 21.9 Å². The third-order valence-electron chi connectivity index (χ3n) is 4.76. The SMILES string of the molecule is O=C(Nc1cncc(-c2ccncc2)c1)C1Oc2cc3ccccc3cc2O1.O=C(O)C(F)(F)F. The largest absolute Gasteiger partial charge is 0.490 e. The van der Waals surface area contributed by atoms with Gasteiger partial charge in [-0.2, -0.15) is 13.2 Å². The number of carboxylic acid groups (broad SMARTS) is 1. The first-order valence-electron chi connectivity index (χ1n) is 10.0. The van der Waals surface area contributed by atoms with E-state index in [1.807, 2.05) is 54.6 Å². The first kappa shape index (κ1) is 23.5. The predicted molar refractivity (Wildman–Crippen MR) is 119 cm³/mol. The molecule has 0 atom stereocenters. The number of halogens is 3. The number of hydrogen-bond donors (Lipinski definition) is 2. The fraction of sp³-hybridized carbons (Fsp3) is 0.0833. The second-order valence-electron chi connectivity index (χ2n) is 7.20. The van der Waals surface area contributed by atoms with Crippen LogP contribution in [0.3, 0.4) is 0 Å². The zero-order valence-electron chi connectivity index (χ0n) is 17.7. The Balaban J connectivity index is 0.000000364. The number of benzene rings is 2. The van der Waals surface area contributed by atoms with Crippen molar-refractivity contribution in [2.75, 3.05) is 5.32 Å². The average Bonchev–Trinajstić information content (AvgIpc) is 3.26. The molecular weight excluding hydrogens is 467 g/mol. The number of aliphatic carboxylic acids is 1. The van der Waals surface area contributed by atoms with E-state index >= 15 is 0 Å². The van der Waals surface area contributed by atoms with Crippen LogP contribution in [0.1, 0.15) is 0 Å². The van der Waals surface area contributed by atoms with Gasteiger partial charge in [0.2, 0.25) is 0 Å². The van der Waals surface area contributed by atoms with Crippen molar-refractivity contribution in [3.05, 3.63) is 79.4 Å². The molecule has 2 N–H and O–H groups in total. The zero-order valence-corrected chi connectivity index (χ0v) is 17.7. The van der Waals surface area contributed by atoms with E-state index in [4.69, 9.17) is 19.4 Å². The highest BCUT2D eigenvalue weighted by Gasteiger charge is 2.38. The minimum Gasteiger partial charge on any atom is -0.475 e. The van der Waals surface area contributed by atoms with Crippen LogP contribution in [0.4, 0.5) is 18.9 Å². The fourth-order valence-corrected chi connectivity index (χ4v) is 3.16. The van der Waals surface area contributed by atoms with Gasteiger partial charge in [0.15, 0.2) is 11.5 Å². The van der Waals surface area contributed by atoms with E-state index in [1.165, 1.54) is 0 Å². The molecule has 4 aromatic rings. The second-order valence-corrected chi connectivity index (χ2v) is 7.20. The summed E-state index contributed by atoms with van der Waals surface area (Å²) in [5.74, 6) is -2.04. The molecule has 5 rings (SSSR count). The van der Waals surface area contributed by atoms with Crippen molar-refractivity contribution in [2.45, 2.75) is 12.5 Å². The molecule has 2 aromatic carbocycles. The Morgan fingerprint density at radius 1 is 0.857 bits per heavy atom. The number of nitrogens with one attached hydrogen (secondary N) is 1. The number of aromatic nitrogens is 2. The van der Waals surface area contributed by atoms with Gasteiger partial charge in [0.1, 0.15) is 0 Å². The normalized spacial score (nSPS) is 12.5. The number of pyridine rings is 2. The maximum atomic E-state index is 12.6. The van der Waals surface area contributed by atoms with E-state index in [-0.39, 0.29) is 0 Å². The molecule has 0 radical (unpaired) electrons. The van der Waals surface area contributed by atoms with Crippen LogP contribution in [0.5, 0.6) is 11.5 Å². The summed E-state index contributed by atoms with van der Waals surface area (Å²) in [5.41, 5.74) is 2.40. The number of rotatable bonds is 3. The van der Waals surface area contributed by atoms with Gasteiger partial charge in [0, 0.05) is 24.2 Å². The highest BCUT2D eigenvalue weighted by Crippen LogP contribution is 2.38. The molecule has 11 heteroatoms. The highest BCUT2D eigenvalue weighted by molar-refractivity contribution is 5.95. The van der Waals surface area contributed by atoms with Gasteiger partial charge < -0.3 is 19.9 Å². The standard InChI is InChI=1S/C22H15N3O3.C2HF3O2/c26-21(25-18-9-17(12-24-13-18)14-5-7-23-8-6-14)22-27-19-10-15-3-1-2-4-16(15)11-20(19)28-22;3-2(4,5)1(6)7/h1-13,22H,(H,25,26);(H,6,7). The van der Waals surface area contributed by atoms with Crippen molar-refractivity contribution >= 4 is 28.3 Å². The maximum Gasteiger partial charge on any atom is 0.490 e. The van der Waals surface area contributed by atoms with Gasteiger partial charge >= 0.3 is 24.3 Å². The molecule has 1 aliphatic rings. The van der Waals surface area contributed by atoms with Gasteiger partial charge in [-0.25, -0.2) is 4.79 Å². The van der Waals surface area contributed by atoms with E-state index in [0.717, 1.165) is 21.9 Å². The zero-order chi connectivity index (χ0) is 25.0.